The minimum absolute atomic E-state index is 0.0135. The van der Waals surface area contributed by atoms with Crippen LogP contribution in [0.2, 0.25) is 0 Å². The van der Waals surface area contributed by atoms with Crippen LogP contribution in [0.3, 0.4) is 0 Å². The molecule has 1 aromatic carbocycles. The summed E-state index contributed by atoms with van der Waals surface area (Å²) < 4.78 is 10.3. The number of nitro benzene ring substituents is 1. The summed E-state index contributed by atoms with van der Waals surface area (Å²) >= 11 is 0. The van der Waals surface area contributed by atoms with Gasteiger partial charge in [0, 0.05) is 12.1 Å². The zero-order chi connectivity index (χ0) is 15.7. The number of ether oxygens (including phenoxy) is 2. The summed E-state index contributed by atoms with van der Waals surface area (Å²) in [4.78, 5) is 35.1. The zero-order valence-electron chi connectivity index (χ0n) is 11.6. The molecule has 2 aliphatic rings. The van der Waals surface area contributed by atoms with Gasteiger partial charge in [0.2, 0.25) is 0 Å². The van der Waals surface area contributed by atoms with Crippen molar-refractivity contribution < 1.29 is 24.0 Å². The van der Waals surface area contributed by atoms with Crippen molar-refractivity contribution in [3.8, 4) is 0 Å². The maximum atomic E-state index is 12.1. The number of esters is 1. The number of nitrogens with zero attached hydrogens (tertiary/aromatic N) is 2. The summed E-state index contributed by atoms with van der Waals surface area (Å²) in [5.74, 6) is -0.476. The molecule has 2 atom stereocenters. The van der Waals surface area contributed by atoms with Gasteiger partial charge in [-0.05, 0) is 30.5 Å². The Morgan fingerprint density at radius 3 is 2.77 bits per heavy atom. The molecule has 3 rings (SSSR count). The molecule has 2 saturated heterocycles. The standard InChI is InChI=1S/C14H14N2O6/c17-13(12-6-5-11-7-15(12)14(18)22-11)21-8-9-1-3-10(4-2-9)16(19)20/h1-4,11-12H,5-8H2/t11-,12+/m1/s1. The van der Waals surface area contributed by atoms with Gasteiger partial charge >= 0.3 is 12.1 Å². The number of non-ortho nitro benzene ring substituents is 1. The third kappa shape index (κ3) is 2.72. The number of nitro groups is 1. The molecule has 2 fully saturated rings. The molecule has 0 spiro atoms. The van der Waals surface area contributed by atoms with Crippen molar-refractivity contribution in [2.24, 2.45) is 0 Å². The molecule has 22 heavy (non-hydrogen) atoms. The van der Waals surface area contributed by atoms with E-state index in [1.54, 1.807) is 0 Å². The second-order valence-electron chi connectivity index (χ2n) is 5.28. The number of amides is 1. The Hall–Kier alpha value is -2.64. The van der Waals surface area contributed by atoms with Crippen LogP contribution in [0.15, 0.2) is 24.3 Å². The monoisotopic (exact) mass is 306 g/mol. The highest BCUT2D eigenvalue weighted by atomic mass is 16.6. The van der Waals surface area contributed by atoms with Crippen molar-refractivity contribution in [2.45, 2.75) is 31.6 Å². The fraction of sp³-hybridized carbons (Fsp3) is 0.429. The topological polar surface area (TPSA) is 99.0 Å². The number of rotatable bonds is 4. The van der Waals surface area contributed by atoms with Crippen LogP contribution in [0.1, 0.15) is 18.4 Å². The molecule has 0 aliphatic carbocycles. The number of benzene rings is 1. The van der Waals surface area contributed by atoms with Gasteiger partial charge in [-0.15, -0.1) is 0 Å². The molecule has 8 heteroatoms. The molecule has 0 saturated carbocycles. The molecule has 8 nitrogen and oxygen atoms in total. The minimum Gasteiger partial charge on any atom is -0.459 e. The first-order valence-electron chi connectivity index (χ1n) is 6.92. The van der Waals surface area contributed by atoms with E-state index in [1.807, 2.05) is 0 Å². The quantitative estimate of drug-likeness (QED) is 0.476. The SMILES string of the molecule is O=C(OCc1ccc([N+](=O)[O-])cc1)[C@@H]1CC[C@@H]2CN1C(=O)O2. The molecule has 1 amide bonds. The van der Waals surface area contributed by atoms with Crippen molar-refractivity contribution in [3.63, 3.8) is 0 Å². The van der Waals surface area contributed by atoms with Gasteiger partial charge in [0.1, 0.15) is 18.8 Å². The van der Waals surface area contributed by atoms with E-state index >= 15 is 0 Å². The van der Waals surface area contributed by atoms with Crippen LogP contribution >= 0.6 is 0 Å². The first-order valence-corrected chi connectivity index (χ1v) is 6.92. The number of piperidine rings is 1. The third-order valence-electron chi connectivity index (χ3n) is 3.84. The van der Waals surface area contributed by atoms with E-state index in [0.29, 0.717) is 24.9 Å². The van der Waals surface area contributed by atoms with Gasteiger partial charge in [-0.3, -0.25) is 15.0 Å². The van der Waals surface area contributed by atoms with E-state index in [2.05, 4.69) is 0 Å². The molecular weight excluding hydrogens is 292 g/mol. The maximum absolute atomic E-state index is 12.1. The van der Waals surface area contributed by atoms with Gasteiger partial charge in [0.05, 0.1) is 11.5 Å². The highest BCUT2D eigenvalue weighted by Crippen LogP contribution is 2.27. The van der Waals surface area contributed by atoms with E-state index in [1.165, 1.54) is 29.2 Å². The summed E-state index contributed by atoms with van der Waals surface area (Å²) in [6.45, 7) is 0.440. The Morgan fingerprint density at radius 2 is 2.09 bits per heavy atom. The first-order chi connectivity index (χ1) is 10.5. The highest BCUT2D eigenvalue weighted by Gasteiger charge is 2.44. The maximum Gasteiger partial charge on any atom is 0.410 e. The van der Waals surface area contributed by atoms with Crippen molar-refractivity contribution in [2.75, 3.05) is 6.54 Å². The lowest BCUT2D eigenvalue weighted by Gasteiger charge is -2.27. The second kappa shape index (κ2) is 5.63. The fourth-order valence-electron chi connectivity index (χ4n) is 2.66. The lowest BCUT2D eigenvalue weighted by molar-refractivity contribution is -0.384. The molecule has 2 heterocycles. The lowest BCUT2D eigenvalue weighted by atomic mass is 10.0. The number of fused-ring (bicyclic) bond motifs is 2. The molecule has 0 N–H and O–H groups in total. The molecule has 0 radical (unpaired) electrons. The number of hydrogen-bond acceptors (Lipinski definition) is 6. The molecule has 1 aromatic rings. The van der Waals surface area contributed by atoms with E-state index in [4.69, 9.17) is 9.47 Å². The Labute approximate surface area is 125 Å². The molecule has 116 valence electrons. The Kier molecular flexibility index (Phi) is 3.66. The average molecular weight is 306 g/mol. The second-order valence-corrected chi connectivity index (χ2v) is 5.28. The van der Waals surface area contributed by atoms with Crippen molar-refractivity contribution in [3.05, 3.63) is 39.9 Å². The summed E-state index contributed by atoms with van der Waals surface area (Å²) in [6.07, 6.45) is 0.584. The Morgan fingerprint density at radius 1 is 1.36 bits per heavy atom. The lowest BCUT2D eigenvalue weighted by Crippen LogP contribution is -2.45. The highest BCUT2D eigenvalue weighted by molar-refractivity contribution is 5.83. The summed E-state index contributed by atoms with van der Waals surface area (Å²) in [7, 11) is 0. The van der Waals surface area contributed by atoms with Crippen molar-refractivity contribution in [1.29, 1.82) is 0 Å². The Balaban J connectivity index is 1.58. The molecule has 0 aromatic heterocycles. The van der Waals surface area contributed by atoms with Gasteiger partial charge < -0.3 is 9.47 Å². The van der Waals surface area contributed by atoms with Crippen molar-refractivity contribution in [1.82, 2.24) is 4.90 Å². The third-order valence-corrected chi connectivity index (χ3v) is 3.84. The van der Waals surface area contributed by atoms with Gasteiger partial charge in [0.15, 0.2) is 0 Å². The van der Waals surface area contributed by atoms with Gasteiger partial charge in [-0.1, -0.05) is 0 Å². The number of hydrogen-bond donors (Lipinski definition) is 0. The molecule has 2 aliphatic heterocycles. The fourth-order valence-corrected chi connectivity index (χ4v) is 2.66. The largest absolute Gasteiger partial charge is 0.459 e. The molecular formula is C14H14N2O6. The smallest absolute Gasteiger partial charge is 0.410 e. The first kappa shape index (κ1) is 14.3. The normalized spacial score (nSPS) is 23.1. The van der Waals surface area contributed by atoms with Gasteiger partial charge in [-0.25, -0.2) is 9.59 Å². The average Bonchev–Trinajstić information content (AvgIpc) is 2.80. The van der Waals surface area contributed by atoms with E-state index in [0.717, 1.165) is 0 Å². The predicted molar refractivity (Wildman–Crippen MR) is 72.9 cm³/mol. The zero-order valence-corrected chi connectivity index (χ0v) is 11.6. The van der Waals surface area contributed by atoms with Crippen LogP contribution in [0.25, 0.3) is 0 Å². The van der Waals surface area contributed by atoms with Crippen molar-refractivity contribution >= 4 is 17.7 Å². The van der Waals surface area contributed by atoms with Crippen LogP contribution in [0.4, 0.5) is 10.5 Å². The number of carbonyl (C=O) groups is 2. The van der Waals surface area contributed by atoms with Crippen LogP contribution in [-0.2, 0) is 20.9 Å². The van der Waals surface area contributed by atoms with Crippen LogP contribution in [0.5, 0.6) is 0 Å². The molecule has 2 bridgehead atoms. The summed E-state index contributed by atoms with van der Waals surface area (Å²) in [5.41, 5.74) is 0.629. The molecule has 0 unspecified atom stereocenters. The predicted octanol–water partition coefficient (Wildman–Crippen LogP) is 1.62. The summed E-state index contributed by atoms with van der Waals surface area (Å²) in [5, 5.41) is 10.6. The summed E-state index contributed by atoms with van der Waals surface area (Å²) in [6, 6.07) is 5.17. The van der Waals surface area contributed by atoms with E-state index in [-0.39, 0.29) is 18.4 Å². The van der Waals surface area contributed by atoms with E-state index in [9.17, 15) is 19.7 Å². The van der Waals surface area contributed by atoms with Crippen LogP contribution in [0, 0.1) is 10.1 Å². The van der Waals surface area contributed by atoms with Crippen LogP contribution < -0.4 is 0 Å². The minimum atomic E-state index is -0.607. The van der Waals surface area contributed by atoms with E-state index < -0.39 is 23.0 Å². The van der Waals surface area contributed by atoms with Gasteiger partial charge in [0.25, 0.3) is 5.69 Å². The van der Waals surface area contributed by atoms with Crippen LogP contribution in [-0.4, -0.2) is 40.6 Å². The number of carbonyl (C=O) groups excluding carboxylic acids is 2. The Bertz CT molecular complexity index is 614. The van der Waals surface area contributed by atoms with Gasteiger partial charge in [-0.2, -0.15) is 0 Å².